The molecule has 0 aliphatic carbocycles. The summed E-state index contributed by atoms with van der Waals surface area (Å²) in [5.74, 6) is -1.44. The highest BCUT2D eigenvalue weighted by molar-refractivity contribution is 9.11. The maximum absolute atomic E-state index is 12.7. The monoisotopic (exact) mass is 468 g/mol. The van der Waals surface area contributed by atoms with Crippen LogP contribution in [0.5, 0.6) is 0 Å². The molecular formula is C12H8Br2F2N4O4. The smallest absolute Gasteiger partial charge is 0.293 e. The Morgan fingerprint density at radius 2 is 1.12 bits per heavy atom. The molecule has 0 aliphatic rings. The van der Waals surface area contributed by atoms with Crippen LogP contribution >= 0.6 is 31.9 Å². The van der Waals surface area contributed by atoms with Crippen molar-refractivity contribution in [2.75, 3.05) is 11.5 Å². The SMILES string of the molecule is Nc1cc(F)cc(N)c1Br.O=[N+]([O-])c1cc(F)cc([N+](=O)[O-])c1Br. The highest BCUT2D eigenvalue weighted by atomic mass is 79.9. The van der Waals surface area contributed by atoms with Crippen LogP contribution in [0.25, 0.3) is 0 Å². The molecule has 0 radical (unpaired) electrons. The number of anilines is 2. The lowest BCUT2D eigenvalue weighted by Crippen LogP contribution is -1.96. The predicted molar refractivity (Wildman–Crippen MR) is 90.3 cm³/mol. The third-order valence-corrected chi connectivity index (χ3v) is 4.21. The van der Waals surface area contributed by atoms with Crippen molar-refractivity contribution in [2.24, 2.45) is 0 Å². The molecule has 2 rings (SSSR count). The third kappa shape index (κ3) is 4.83. The van der Waals surface area contributed by atoms with Crippen LogP contribution in [-0.2, 0) is 0 Å². The predicted octanol–water partition coefficient (Wildman–Crippen LogP) is 4.16. The van der Waals surface area contributed by atoms with Crippen molar-refractivity contribution in [1.82, 2.24) is 0 Å². The van der Waals surface area contributed by atoms with E-state index in [1.165, 1.54) is 12.1 Å². The van der Waals surface area contributed by atoms with E-state index < -0.39 is 32.9 Å². The summed E-state index contributed by atoms with van der Waals surface area (Å²) in [6.45, 7) is 0. The Morgan fingerprint density at radius 1 is 0.792 bits per heavy atom. The van der Waals surface area contributed by atoms with E-state index in [2.05, 4.69) is 31.9 Å². The fourth-order valence-electron chi connectivity index (χ4n) is 1.46. The Labute approximate surface area is 150 Å². The lowest BCUT2D eigenvalue weighted by Gasteiger charge is -2.00. The van der Waals surface area contributed by atoms with Gasteiger partial charge in [-0.2, -0.15) is 0 Å². The summed E-state index contributed by atoms with van der Waals surface area (Å²) in [5.41, 5.74) is 10.0. The normalized spacial score (nSPS) is 9.83. The van der Waals surface area contributed by atoms with Crippen molar-refractivity contribution < 1.29 is 18.6 Å². The Balaban J connectivity index is 0.000000254. The van der Waals surface area contributed by atoms with Crippen molar-refractivity contribution in [3.63, 3.8) is 0 Å². The minimum atomic E-state index is -1.02. The molecule has 2 aromatic rings. The van der Waals surface area contributed by atoms with Crippen LogP contribution < -0.4 is 11.5 Å². The minimum Gasteiger partial charge on any atom is -0.398 e. The maximum atomic E-state index is 12.7. The zero-order valence-electron chi connectivity index (χ0n) is 11.5. The average Bonchev–Trinajstić information content (AvgIpc) is 2.46. The van der Waals surface area contributed by atoms with Gasteiger partial charge in [0.1, 0.15) is 11.6 Å². The summed E-state index contributed by atoms with van der Waals surface area (Å²) in [5, 5.41) is 20.7. The first-order valence-electron chi connectivity index (χ1n) is 5.82. The van der Waals surface area contributed by atoms with Gasteiger partial charge in [-0.1, -0.05) is 0 Å². The van der Waals surface area contributed by atoms with E-state index in [4.69, 9.17) is 11.5 Å². The molecular weight excluding hydrogens is 462 g/mol. The van der Waals surface area contributed by atoms with E-state index in [0.717, 1.165) is 0 Å². The van der Waals surface area contributed by atoms with Crippen molar-refractivity contribution in [1.29, 1.82) is 0 Å². The van der Waals surface area contributed by atoms with Crippen molar-refractivity contribution in [3.05, 3.63) is 65.1 Å². The van der Waals surface area contributed by atoms with Crippen LogP contribution in [0.15, 0.2) is 33.2 Å². The van der Waals surface area contributed by atoms with Gasteiger partial charge in [0.25, 0.3) is 11.4 Å². The fourth-order valence-corrected chi connectivity index (χ4v) is 2.21. The lowest BCUT2D eigenvalue weighted by atomic mass is 10.3. The van der Waals surface area contributed by atoms with Crippen LogP contribution in [0, 0.1) is 31.9 Å². The van der Waals surface area contributed by atoms with Crippen LogP contribution in [-0.4, -0.2) is 9.85 Å². The van der Waals surface area contributed by atoms with Gasteiger partial charge in [0.2, 0.25) is 0 Å². The van der Waals surface area contributed by atoms with E-state index >= 15 is 0 Å². The molecule has 0 bridgehead atoms. The second kappa shape index (κ2) is 7.97. The van der Waals surface area contributed by atoms with Crippen LogP contribution in [0.3, 0.4) is 0 Å². The topological polar surface area (TPSA) is 138 Å². The third-order valence-electron chi connectivity index (χ3n) is 2.49. The molecule has 0 atom stereocenters. The molecule has 128 valence electrons. The van der Waals surface area contributed by atoms with Gasteiger partial charge in [-0.25, -0.2) is 8.78 Å². The van der Waals surface area contributed by atoms with Crippen molar-refractivity contribution in [3.8, 4) is 0 Å². The van der Waals surface area contributed by atoms with E-state index in [-0.39, 0.29) is 4.47 Å². The summed E-state index contributed by atoms with van der Waals surface area (Å²) in [6, 6.07) is 3.63. The molecule has 0 fully saturated rings. The zero-order chi connectivity index (χ0) is 18.6. The van der Waals surface area contributed by atoms with Crippen LogP contribution in [0.1, 0.15) is 0 Å². The molecule has 24 heavy (non-hydrogen) atoms. The van der Waals surface area contributed by atoms with E-state index in [9.17, 15) is 29.0 Å². The second-order valence-electron chi connectivity index (χ2n) is 4.17. The molecule has 8 nitrogen and oxygen atoms in total. The van der Waals surface area contributed by atoms with Gasteiger partial charge < -0.3 is 11.5 Å². The Kier molecular flexibility index (Phi) is 6.54. The van der Waals surface area contributed by atoms with E-state index in [1.54, 1.807) is 0 Å². The fraction of sp³-hybridized carbons (Fsp3) is 0. The van der Waals surface area contributed by atoms with Gasteiger partial charge in [-0.15, -0.1) is 0 Å². The standard InChI is InChI=1S/C6H2BrFN2O4.C6H6BrFN2/c7-6-4(9(11)12)1-3(8)2-5(6)10(13)14;7-6-4(9)1-3(8)2-5(6)10/h1-2H;1-2H,9-10H2. The molecule has 2 aromatic carbocycles. The molecule has 0 amide bonds. The number of nitrogens with two attached hydrogens (primary N) is 2. The summed E-state index contributed by atoms with van der Waals surface area (Å²) >= 11 is 5.76. The number of halogens is 4. The molecule has 0 saturated heterocycles. The number of nitrogens with zero attached hydrogens (tertiary/aromatic N) is 2. The highest BCUT2D eigenvalue weighted by Crippen LogP contribution is 2.34. The largest absolute Gasteiger partial charge is 0.398 e. The molecule has 0 aliphatic heterocycles. The molecule has 0 unspecified atom stereocenters. The molecule has 0 heterocycles. The van der Waals surface area contributed by atoms with Crippen LogP contribution in [0.4, 0.5) is 31.5 Å². The Morgan fingerprint density at radius 3 is 1.46 bits per heavy atom. The van der Waals surface area contributed by atoms with Gasteiger partial charge in [0.15, 0.2) is 4.47 Å². The first-order chi connectivity index (χ1) is 11.0. The van der Waals surface area contributed by atoms with Gasteiger partial charge in [0, 0.05) is 0 Å². The number of rotatable bonds is 2. The van der Waals surface area contributed by atoms with Gasteiger partial charge in [0.05, 0.1) is 37.8 Å². The number of benzene rings is 2. The first kappa shape index (κ1) is 19.7. The molecule has 0 aromatic heterocycles. The first-order valence-corrected chi connectivity index (χ1v) is 7.41. The number of nitro benzene ring substituents is 2. The quantitative estimate of drug-likeness (QED) is 0.384. The van der Waals surface area contributed by atoms with E-state index in [0.29, 0.717) is 28.0 Å². The average molecular weight is 470 g/mol. The number of nitrogen functional groups attached to an aromatic ring is 2. The number of nitro groups is 2. The molecule has 0 saturated carbocycles. The van der Waals surface area contributed by atoms with E-state index in [1.807, 2.05) is 0 Å². The maximum Gasteiger partial charge on any atom is 0.293 e. The number of hydrogen-bond donors (Lipinski definition) is 2. The Bertz CT molecular complexity index is 762. The minimum absolute atomic E-state index is 0.317. The summed E-state index contributed by atoms with van der Waals surface area (Å²) in [7, 11) is 0. The second-order valence-corrected chi connectivity index (χ2v) is 5.76. The molecule has 12 heteroatoms. The lowest BCUT2D eigenvalue weighted by molar-refractivity contribution is -0.396. The molecule has 0 spiro atoms. The summed E-state index contributed by atoms with van der Waals surface area (Å²) in [4.78, 5) is 18.9. The number of hydrogen-bond acceptors (Lipinski definition) is 6. The van der Waals surface area contributed by atoms with Crippen LogP contribution in [0.2, 0.25) is 0 Å². The van der Waals surface area contributed by atoms with Gasteiger partial charge in [-0.3, -0.25) is 20.2 Å². The summed E-state index contributed by atoms with van der Waals surface area (Å²) < 4.78 is 25.3. The molecule has 4 N–H and O–H groups in total. The Hall–Kier alpha value is -2.34. The van der Waals surface area contributed by atoms with Gasteiger partial charge in [-0.05, 0) is 44.0 Å². The highest BCUT2D eigenvalue weighted by Gasteiger charge is 2.24. The van der Waals surface area contributed by atoms with Gasteiger partial charge >= 0.3 is 0 Å². The van der Waals surface area contributed by atoms with Crippen molar-refractivity contribution >= 4 is 54.6 Å². The zero-order valence-corrected chi connectivity index (χ0v) is 14.7. The van der Waals surface area contributed by atoms with Crippen molar-refractivity contribution in [2.45, 2.75) is 0 Å². The summed E-state index contributed by atoms with van der Waals surface area (Å²) in [6.07, 6.45) is 0.